The first kappa shape index (κ1) is 15.7. The minimum Gasteiger partial charge on any atom is -0.351 e. The van der Waals surface area contributed by atoms with Crippen molar-refractivity contribution in [2.75, 3.05) is 13.6 Å². The van der Waals surface area contributed by atoms with Crippen molar-refractivity contribution in [2.24, 2.45) is 5.92 Å². The molecule has 19 heavy (non-hydrogen) atoms. The summed E-state index contributed by atoms with van der Waals surface area (Å²) in [5.41, 5.74) is 2.39. The van der Waals surface area contributed by atoms with Crippen LogP contribution in [0.25, 0.3) is 0 Å². The third kappa shape index (κ3) is 5.03. The second-order valence-electron chi connectivity index (χ2n) is 5.65. The Labute approximate surface area is 117 Å². The highest BCUT2D eigenvalue weighted by molar-refractivity contribution is 5.81. The van der Waals surface area contributed by atoms with E-state index < -0.39 is 0 Å². The topological polar surface area (TPSA) is 32.3 Å². The van der Waals surface area contributed by atoms with Gasteiger partial charge in [-0.3, -0.25) is 9.69 Å². The number of nitrogens with one attached hydrogen (secondary N) is 1. The summed E-state index contributed by atoms with van der Waals surface area (Å²) in [7, 11) is 2.00. The second-order valence-corrected chi connectivity index (χ2v) is 5.65. The molecule has 0 aliphatic rings. The fraction of sp³-hybridized carbons (Fsp3) is 0.562. The lowest BCUT2D eigenvalue weighted by Crippen LogP contribution is -2.44. The average molecular weight is 262 g/mol. The molecule has 106 valence electrons. The van der Waals surface area contributed by atoms with Crippen LogP contribution in [0.1, 0.15) is 31.9 Å². The van der Waals surface area contributed by atoms with Crippen LogP contribution in [-0.2, 0) is 11.3 Å². The van der Waals surface area contributed by atoms with Crippen LogP contribution in [0.4, 0.5) is 0 Å². The molecule has 0 spiro atoms. The van der Waals surface area contributed by atoms with E-state index in [1.165, 1.54) is 11.1 Å². The van der Waals surface area contributed by atoms with Crippen LogP contribution in [0.2, 0.25) is 0 Å². The highest BCUT2D eigenvalue weighted by Crippen LogP contribution is 2.07. The van der Waals surface area contributed by atoms with Crippen LogP contribution < -0.4 is 5.32 Å². The molecular weight excluding hydrogens is 236 g/mol. The van der Waals surface area contributed by atoms with E-state index in [0.29, 0.717) is 12.5 Å². The molecule has 1 amide bonds. The number of hydrogen-bond acceptors (Lipinski definition) is 2. The Hall–Kier alpha value is -1.35. The summed E-state index contributed by atoms with van der Waals surface area (Å²) in [5, 5.41) is 3.01. The molecule has 0 aliphatic carbocycles. The summed E-state index contributed by atoms with van der Waals surface area (Å²) < 4.78 is 0. The molecule has 3 heteroatoms. The van der Waals surface area contributed by atoms with Gasteiger partial charge in [-0.05, 0) is 37.9 Å². The van der Waals surface area contributed by atoms with Gasteiger partial charge in [-0.15, -0.1) is 0 Å². The van der Waals surface area contributed by atoms with E-state index in [4.69, 9.17) is 0 Å². The van der Waals surface area contributed by atoms with Crippen molar-refractivity contribution in [2.45, 2.75) is 40.3 Å². The summed E-state index contributed by atoms with van der Waals surface area (Å²) in [6, 6.07) is 8.04. The van der Waals surface area contributed by atoms with Crippen molar-refractivity contribution in [1.82, 2.24) is 10.2 Å². The molecule has 0 bridgehead atoms. The van der Waals surface area contributed by atoms with E-state index in [1.807, 2.05) is 26.1 Å². The molecule has 1 N–H and O–H groups in total. The third-order valence-electron chi connectivity index (χ3n) is 3.41. The molecule has 0 radical (unpaired) electrons. The van der Waals surface area contributed by atoms with Gasteiger partial charge >= 0.3 is 0 Å². The zero-order valence-corrected chi connectivity index (χ0v) is 12.7. The first-order valence-electron chi connectivity index (χ1n) is 6.94. The first-order chi connectivity index (χ1) is 8.91. The SMILES string of the molecule is Cc1ccccc1CNC(=O)[C@@H](C)N(C)CC(C)C. The lowest BCUT2D eigenvalue weighted by Gasteiger charge is -2.25. The van der Waals surface area contributed by atoms with Crippen LogP contribution in [0.5, 0.6) is 0 Å². The van der Waals surface area contributed by atoms with Gasteiger partial charge in [0.2, 0.25) is 5.91 Å². The number of carbonyl (C=O) groups is 1. The second kappa shape index (κ2) is 7.29. The smallest absolute Gasteiger partial charge is 0.237 e. The van der Waals surface area contributed by atoms with E-state index in [9.17, 15) is 4.79 Å². The van der Waals surface area contributed by atoms with E-state index in [1.54, 1.807) is 0 Å². The van der Waals surface area contributed by atoms with Crippen molar-refractivity contribution < 1.29 is 4.79 Å². The van der Waals surface area contributed by atoms with Crippen molar-refractivity contribution >= 4 is 5.91 Å². The predicted octanol–water partition coefficient (Wildman–Crippen LogP) is 2.59. The van der Waals surface area contributed by atoms with Crippen molar-refractivity contribution in [3.8, 4) is 0 Å². The molecule has 0 aromatic heterocycles. The molecule has 0 saturated heterocycles. The normalized spacial score (nSPS) is 12.8. The van der Waals surface area contributed by atoms with Gasteiger partial charge in [0.15, 0.2) is 0 Å². The minimum atomic E-state index is -0.0913. The highest BCUT2D eigenvalue weighted by atomic mass is 16.2. The number of nitrogens with zero attached hydrogens (tertiary/aromatic N) is 1. The highest BCUT2D eigenvalue weighted by Gasteiger charge is 2.18. The molecule has 1 aromatic rings. The molecule has 0 unspecified atom stereocenters. The summed E-state index contributed by atoms with van der Waals surface area (Å²) in [4.78, 5) is 14.2. The van der Waals surface area contributed by atoms with Crippen LogP contribution >= 0.6 is 0 Å². The predicted molar refractivity (Wildman–Crippen MR) is 80.0 cm³/mol. The van der Waals surface area contributed by atoms with E-state index in [-0.39, 0.29) is 11.9 Å². The Morgan fingerprint density at radius 1 is 1.26 bits per heavy atom. The molecule has 0 aliphatic heterocycles. The molecule has 1 rings (SSSR count). The third-order valence-corrected chi connectivity index (χ3v) is 3.41. The quantitative estimate of drug-likeness (QED) is 0.854. The van der Waals surface area contributed by atoms with Gasteiger partial charge in [-0.2, -0.15) is 0 Å². The van der Waals surface area contributed by atoms with Crippen molar-refractivity contribution in [1.29, 1.82) is 0 Å². The first-order valence-corrected chi connectivity index (χ1v) is 6.94. The van der Waals surface area contributed by atoms with Gasteiger partial charge in [0.05, 0.1) is 6.04 Å². The number of carbonyl (C=O) groups excluding carboxylic acids is 1. The van der Waals surface area contributed by atoms with Gasteiger partial charge in [0.25, 0.3) is 0 Å². The Morgan fingerprint density at radius 2 is 1.89 bits per heavy atom. The van der Waals surface area contributed by atoms with Gasteiger partial charge in [0.1, 0.15) is 0 Å². The Bertz CT molecular complexity index is 415. The lowest BCUT2D eigenvalue weighted by atomic mass is 10.1. The Balaban J connectivity index is 2.49. The largest absolute Gasteiger partial charge is 0.351 e. The molecular formula is C16H26N2O. The average Bonchev–Trinajstić information content (AvgIpc) is 2.35. The summed E-state index contributed by atoms with van der Waals surface area (Å²) >= 11 is 0. The summed E-state index contributed by atoms with van der Waals surface area (Å²) in [6.45, 7) is 9.87. The van der Waals surface area contributed by atoms with E-state index in [2.05, 4.69) is 43.1 Å². The summed E-state index contributed by atoms with van der Waals surface area (Å²) in [6.07, 6.45) is 0. The monoisotopic (exact) mass is 262 g/mol. The van der Waals surface area contributed by atoms with Crippen molar-refractivity contribution in [3.63, 3.8) is 0 Å². The zero-order valence-electron chi connectivity index (χ0n) is 12.7. The molecule has 3 nitrogen and oxygen atoms in total. The number of benzene rings is 1. The van der Waals surface area contributed by atoms with E-state index in [0.717, 1.165) is 6.54 Å². The number of amides is 1. The summed E-state index contributed by atoms with van der Waals surface area (Å²) in [5.74, 6) is 0.656. The maximum Gasteiger partial charge on any atom is 0.237 e. The molecule has 1 aromatic carbocycles. The zero-order chi connectivity index (χ0) is 14.4. The fourth-order valence-electron chi connectivity index (χ4n) is 2.07. The molecule has 0 heterocycles. The van der Waals surface area contributed by atoms with Gasteiger partial charge in [-0.1, -0.05) is 38.1 Å². The number of rotatable bonds is 6. The van der Waals surface area contributed by atoms with Crippen LogP contribution in [-0.4, -0.2) is 30.4 Å². The van der Waals surface area contributed by atoms with Crippen LogP contribution in [0.3, 0.4) is 0 Å². The molecule has 1 atom stereocenters. The lowest BCUT2D eigenvalue weighted by molar-refractivity contribution is -0.125. The maximum atomic E-state index is 12.1. The molecule has 0 fully saturated rings. The molecule has 0 saturated carbocycles. The number of aryl methyl sites for hydroxylation is 1. The minimum absolute atomic E-state index is 0.0893. The van der Waals surface area contributed by atoms with Crippen molar-refractivity contribution in [3.05, 3.63) is 35.4 Å². The van der Waals surface area contributed by atoms with Gasteiger partial charge in [0, 0.05) is 13.1 Å². The fourth-order valence-corrected chi connectivity index (χ4v) is 2.07. The Morgan fingerprint density at radius 3 is 2.47 bits per heavy atom. The van der Waals surface area contributed by atoms with Crippen LogP contribution in [0, 0.1) is 12.8 Å². The van der Waals surface area contributed by atoms with Gasteiger partial charge in [-0.25, -0.2) is 0 Å². The van der Waals surface area contributed by atoms with Crippen LogP contribution in [0.15, 0.2) is 24.3 Å². The van der Waals surface area contributed by atoms with E-state index >= 15 is 0 Å². The number of hydrogen-bond donors (Lipinski definition) is 1. The Kier molecular flexibility index (Phi) is 6.03. The maximum absolute atomic E-state index is 12.1. The van der Waals surface area contributed by atoms with Gasteiger partial charge < -0.3 is 5.32 Å². The number of likely N-dealkylation sites (N-methyl/N-ethyl adjacent to an activating group) is 1. The standard InChI is InChI=1S/C16H26N2O/c1-12(2)11-18(5)14(4)16(19)17-10-15-9-7-6-8-13(15)3/h6-9,12,14H,10-11H2,1-5H3,(H,17,19)/t14-/m1/s1.